The molecule has 1 aliphatic rings. The summed E-state index contributed by atoms with van der Waals surface area (Å²) in [6.45, 7) is 16.1. The van der Waals surface area contributed by atoms with Gasteiger partial charge in [0.05, 0.1) is 6.10 Å². The van der Waals surface area contributed by atoms with Gasteiger partial charge in [-0.25, -0.2) is 0 Å². The summed E-state index contributed by atoms with van der Waals surface area (Å²) in [6, 6.07) is 0. The second-order valence-electron chi connectivity index (χ2n) is 7.61. The summed E-state index contributed by atoms with van der Waals surface area (Å²) < 4.78 is 11.4. The Morgan fingerprint density at radius 1 is 1.21 bits per heavy atom. The highest BCUT2D eigenvalue weighted by Crippen LogP contribution is 2.34. The molecule has 0 aromatic heterocycles. The molecule has 142 valence electrons. The van der Waals surface area contributed by atoms with Crippen molar-refractivity contribution < 1.29 is 9.47 Å². The molecule has 0 radical (unpaired) electrons. The maximum absolute atomic E-state index is 6.06. The number of aliphatic imine (C=N–C) groups is 1. The molecule has 0 aliphatic carbocycles. The molecule has 0 bridgehead atoms. The van der Waals surface area contributed by atoms with Gasteiger partial charge in [0.2, 0.25) is 0 Å². The lowest BCUT2D eigenvalue weighted by atomic mass is 9.78. The molecule has 1 heterocycles. The zero-order valence-corrected chi connectivity index (χ0v) is 16.5. The number of guanidine groups is 1. The van der Waals surface area contributed by atoms with Crippen LogP contribution in [-0.4, -0.2) is 51.5 Å². The molecule has 2 unspecified atom stereocenters. The molecular weight excluding hydrogens is 302 g/mol. The minimum absolute atomic E-state index is 0.172. The fourth-order valence-corrected chi connectivity index (χ4v) is 3.22. The molecule has 2 N–H and O–H groups in total. The molecule has 1 rings (SSSR count). The van der Waals surface area contributed by atoms with Crippen molar-refractivity contribution in [3.05, 3.63) is 0 Å². The van der Waals surface area contributed by atoms with Crippen molar-refractivity contribution in [2.45, 2.75) is 66.4 Å². The largest absolute Gasteiger partial charge is 0.382 e. The lowest BCUT2D eigenvalue weighted by molar-refractivity contribution is -0.0823. The van der Waals surface area contributed by atoms with E-state index < -0.39 is 0 Å². The summed E-state index contributed by atoms with van der Waals surface area (Å²) in [5, 5.41) is 6.78. The molecular formula is C19H39N3O2. The van der Waals surface area contributed by atoms with E-state index in [9.17, 15) is 0 Å². The van der Waals surface area contributed by atoms with Crippen LogP contribution in [0.15, 0.2) is 4.99 Å². The van der Waals surface area contributed by atoms with Gasteiger partial charge in [-0.2, -0.15) is 0 Å². The fourth-order valence-electron chi connectivity index (χ4n) is 3.22. The molecule has 1 saturated heterocycles. The van der Waals surface area contributed by atoms with E-state index in [1.54, 1.807) is 0 Å². The van der Waals surface area contributed by atoms with Gasteiger partial charge in [-0.3, -0.25) is 4.99 Å². The van der Waals surface area contributed by atoms with E-state index in [1.165, 1.54) is 6.42 Å². The molecule has 0 saturated carbocycles. The third-order valence-electron chi connectivity index (χ3n) is 4.34. The van der Waals surface area contributed by atoms with Gasteiger partial charge in [-0.15, -0.1) is 0 Å². The smallest absolute Gasteiger partial charge is 0.191 e. The Bertz CT molecular complexity index is 353. The molecule has 5 heteroatoms. The molecule has 0 amide bonds. The van der Waals surface area contributed by atoms with Crippen LogP contribution in [0.5, 0.6) is 0 Å². The van der Waals surface area contributed by atoms with E-state index in [4.69, 9.17) is 14.5 Å². The monoisotopic (exact) mass is 341 g/mol. The summed E-state index contributed by atoms with van der Waals surface area (Å²) in [6.07, 6.45) is 4.83. The third-order valence-corrected chi connectivity index (χ3v) is 4.34. The SMILES string of the molecule is CCNC(=NCC1CCCOC1C(C)(C)C)NCCCCOCC. The van der Waals surface area contributed by atoms with Gasteiger partial charge >= 0.3 is 0 Å². The first-order chi connectivity index (χ1) is 11.5. The van der Waals surface area contributed by atoms with Crippen LogP contribution in [0.1, 0.15) is 60.3 Å². The molecule has 0 aromatic carbocycles. The van der Waals surface area contributed by atoms with Crippen LogP contribution in [0.4, 0.5) is 0 Å². The number of unbranched alkanes of at least 4 members (excludes halogenated alkanes) is 1. The Hall–Kier alpha value is -0.810. The summed E-state index contributed by atoms with van der Waals surface area (Å²) in [5.41, 5.74) is 0.172. The van der Waals surface area contributed by atoms with Crippen molar-refractivity contribution in [2.24, 2.45) is 16.3 Å². The summed E-state index contributed by atoms with van der Waals surface area (Å²) in [5.74, 6) is 1.43. The minimum atomic E-state index is 0.172. The second kappa shape index (κ2) is 11.7. The van der Waals surface area contributed by atoms with E-state index in [0.29, 0.717) is 12.0 Å². The standard InChI is InChI=1S/C19H39N3O2/c1-6-20-18(21-12-8-9-13-23-7-2)22-15-16-11-10-14-24-17(16)19(3,4)5/h16-17H,6-15H2,1-5H3,(H2,20,21,22). The number of hydrogen-bond acceptors (Lipinski definition) is 3. The molecule has 24 heavy (non-hydrogen) atoms. The van der Waals surface area contributed by atoms with Crippen molar-refractivity contribution in [1.29, 1.82) is 0 Å². The van der Waals surface area contributed by atoms with Gasteiger partial charge in [0, 0.05) is 45.4 Å². The predicted octanol–water partition coefficient (Wildman–Crippen LogP) is 3.20. The topological polar surface area (TPSA) is 54.9 Å². The zero-order chi connectivity index (χ0) is 17.8. The van der Waals surface area contributed by atoms with Crippen LogP contribution in [0.2, 0.25) is 0 Å². The highest BCUT2D eigenvalue weighted by atomic mass is 16.5. The Morgan fingerprint density at radius 2 is 2.00 bits per heavy atom. The number of nitrogens with zero attached hydrogens (tertiary/aromatic N) is 1. The van der Waals surface area contributed by atoms with Crippen molar-refractivity contribution in [3.63, 3.8) is 0 Å². The Labute approximate surface area is 149 Å². The summed E-state index contributed by atoms with van der Waals surface area (Å²) in [7, 11) is 0. The third kappa shape index (κ3) is 8.34. The van der Waals surface area contributed by atoms with E-state index >= 15 is 0 Å². The zero-order valence-electron chi connectivity index (χ0n) is 16.5. The van der Waals surface area contributed by atoms with Crippen LogP contribution >= 0.6 is 0 Å². The Kier molecular flexibility index (Phi) is 10.3. The lowest BCUT2D eigenvalue weighted by Crippen LogP contribution is -2.43. The van der Waals surface area contributed by atoms with E-state index in [1.807, 2.05) is 6.92 Å². The maximum Gasteiger partial charge on any atom is 0.191 e. The van der Waals surface area contributed by atoms with Gasteiger partial charge in [0.15, 0.2) is 5.96 Å². The molecule has 1 aliphatic heterocycles. The van der Waals surface area contributed by atoms with Crippen LogP contribution < -0.4 is 10.6 Å². The highest BCUT2D eigenvalue weighted by molar-refractivity contribution is 5.79. The molecule has 1 fully saturated rings. The average Bonchev–Trinajstić information content (AvgIpc) is 2.55. The van der Waals surface area contributed by atoms with Crippen LogP contribution in [0.25, 0.3) is 0 Å². The number of rotatable bonds is 9. The van der Waals surface area contributed by atoms with Crippen LogP contribution in [-0.2, 0) is 9.47 Å². The molecule has 2 atom stereocenters. The normalized spacial score (nSPS) is 22.5. The van der Waals surface area contributed by atoms with Crippen molar-refractivity contribution >= 4 is 5.96 Å². The first-order valence-corrected chi connectivity index (χ1v) is 9.70. The van der Waals surface area contributed by atoms with E-state index in [0.717, 1.165) is 64.7 Å². The van der Waals surface area contributed by atoms with Crippen molar-refractivity contribution in [1.82, 2.24) is 10.6 Å². The summed E-state index contributed by atoms with van der Waals surface area (Å²) >= 11 is 0. The molecule has 0 spiro atoms. The first-order valence-electron chi connectivity index (χ1n) is 9.70. The lowest BCUT2D eigenvalue weighted by Gasteiger charge is -2.39. The fraction of sp³-hybridized carbons (Fsp3) is 0.947. The van der Waals surface area contributed by atoms with Crippen molar-refractivity contribution in [3.8, 4) is 0 Å². The van der Waals surface area contributed by atoms with Crippen molar-refractivity contribution in [2.75, 3.05) is 39.5 Å². The van der Waals surface area contributed by atoms with Crippen LogP contribution in [0, 0.1) is 11.3 Å². The van der Waals surface area contributed by atoms with Crippen LogP contribution in [0.3, 0.4) is 0 Å². The van der Waals surface area contributed by atoms with E-state index in [-0.39, 0.29) is 5.41 Å². The van der Waals surface area contributed by atoms with Gasteiger partial charge in [-0.05, 0) is 44.9 Å². The second-order valence-corrected chi connectivity index (χ2v) is 7.61. The Balaban J connectivity index is 2.45. The van der Waals surface area contributed by atoms with Gasteiger partial charge in [-0.1, -0.05) is 20.8 Å². The summed E-state index contributed by atoms with van der Waals surface area (Å²) in [4.78, 5) is 4.82. The number of hydrogen-bond donors (Lipinski definition) is 2. The van der Waals surface area contributed by atoms with E-state index in [2.05, 4.69) is 38.3 Å². The van der Waals surface area contributed by atoms with Gasteiger partial charge < -0.3 is 20.1 Å². The minimum Gasteiger partial charge on any atom is -0.382 e. The number of nitrogens with one attached hydrogen (secondary N) is 2. The highest BCUT2D eigenvalue weighted by Gasteiger charge is 2.35. The maximum atomic E-state index is 6.06. The first kappa shape index (κ1) is 21.2. The quantitative estimate of drug-likeness (QED) is 0.384. The number of ether oxygens (including phenoxy) is 2. The Morgan fingerprint density at radius 3 is 2.67 bits per heavy atom. The predicted molar refractivity (Wildman–Crippen MR) is 102 cm³/mol. The van der Waals surface area contributed by atoms with Gasteiger partial charge in [0.25, 0.3) is 0 Å². The average molecular weight is 342 g/mol. The molecule has 5 nitrogen and oxygen atoms in total. The molecule has 0 aromatic rings. The van der Waals surface area contributed by atoms with Gasteiger partial charge in [0.1, 0.15) is 0 Å².